The summed E-state index contributed by atoms with van der Waals surface area (Å²) in [7, 11) is 0. The third kappa shape index (κ3) is 2.95. The minimum atomic E-state index is -3.81. The van der Waals surface area contributed by atoms with Crippen molar-refractivity contribution in [1.29, 1.82) is 0 Å². The van der Waals surface area contributed by atoms with Crippen LogP contribution in [-0.4, -0.2) is 48.4 Å². The molecule has 0 saturated heterocycles. The van der Waals surface area contributed by atoms with E-state index in [1.807, 2.05) is 0 Å². The van der Waals surface area contributed by atoms with Crippen LogP contribution < -0.4 is 0 Å². The summed E-state index contributed by atoms with van der Waals surface area (Å²) in [6.45, 7) is 0. The van der Waals surface area contributed by atoms with Gasteiger partial charge in [-0.1, -0.05) is 0 Å². The van der Waals surface area contributed by atoms with Crippen molar-refractivity contribution in [2.24, 2.45) is 0 Å². The fourth-order valence-corrected chi connectivity index (χ4v) is 0.299. The summed E-state index contributed by atoms with van der Waals surface area (Å²) in [6.07, 6.45) is 0.340. The maximum Gasteiger partial charge on any atom is 0.336 e. The Kier molecular flexibility index (Phi) is 2.91. The van der Waals surface area contributed by atoms with Gasteiger partial charge in [0.05, 0.1) is 0 Å². The summed E-state index contributed by atoms with van der Waals surface area (Å²) < 4.78 is 0. The van der Waals surface area contributed by atoms with E-state index >= 15 is 0 Å². The lowest BCUT2D eigenvalue weighted by Gasteiger charge is -2.26. The number of carboxylic acids is 1. The first kappa shape index (κ1) is 11.0. The third-order valence-electron chi connectivity index (χ3n) is 0.952. The fraction of sp³-hybridized carbons (Fsp3) is 0.400. The molecule has 0 aromatic heterocycles. The lowest BCUT2D eigenvalue weighted by molar-refractivity contribution is -0.429. The lowest BCUT2D eigenvalue weighted by atomic mass is 10.2. The number of carbonyl (C=O) groups is 1. The summed E-state index contributed by atoms with van der Waals surface area (Å²) in [4.78, 5) is 9.82. The van der Waals surface area contributed by atoms with Crippen molar-refractivity contribution in [2.45, 2.75) is 11.8 Å². The van der Waals surface area contributed by atoms with Gasteiger partial charge in [0.25, 0.3) is 5.79 Å². The molecule has 0 aliphatic rings. The molecule has 0 aromatic rings. The van der Waals surface area contributed by atoms with Crippen molar-refractivity contribution in [3.8, 4) is 0 Å². The highest BCUT2D eigenvalue weighted by Gasteiger charge is 2.44. The van der Waals surface area contributed by atoms with Gasteiger partial charge in [-0.15, -0.1) is 0 Å². The van der Waals surface area contributed by atoms with Crippen LogP contribution in [0, 0.1) is 0 Å². The van der Waals surface area contributed by atoms with Crippen LogP contribution in [0.3, 0.4) is 0 Å². The summed E-state index contributed by atoms with van der Waals surface area (Å²) in [5.74, 6) is -8.77. The highest BCUT2D eigenvalue weighted by atomic mass is 16.7. The first-order valence-corrected chi connectivity index (χ1v) is 2.71. The smallest absolute Gasteiger partial charge is 0.336 e. The van der Waals surface area contributed by atoms with E-state index in [9.17, 15) is 4.79 Å². The maximum absolute atomic E-state index is 9.82. The monoisotopic (exact) mass is 180 g/mol. The minimum absolute atomic E-state index is 0.106. The van der Waals surface area contributed by atoms with Gasteiger partial charge in [-0.05, 0) is 6.08 Å². The van der Waals surface area contributed by atoms with Crippen LogP contribution in [0.15, 0.2) is 12.2 Å². The maximum atomic E-state index is 9.82. The lowest BCUT2D eigenvalue weighted by Crippen LogP contribution is -2.53. The van der Waals surface area contributed by atoms with E-state index in [0.717, 1.165) is 0 Å². The topological polar surface area (TPSA) is 138 Å². The van der Waals surface area contributed by atoms with Gasteiger partial charge in [-0.2, -0.15) is 0 Å². The van der Waals surface area contributed by atoms with E-state index in [4.69, 9.17) is 30.6 Å². The Morgan fingerprint density at radius 1 is 1.08 bits per heavy atom. The average Bonchev–Trinajstić information content (AvgIpc) is 1.81. The zero-order valence-electron chi connectivity index (χ0n) is 5.75. The second-order valence-electron chi connectivity index (χ2n) is 2.03. The van der Waals surface area contributed by atoms with Gasteiger partial charge in [-0.25, -0.2) is 4.79 Å². The number of aliphatic carboxylic acids is 1. The van der Waals surface area contributed by atoms with Crippen LogP contribution in [0.1, 0.15) is 0 Å². The first-order valence-electron chi connectivity index (χ1n) is 2.71. The number of carboxylic acid groups (broad SMARTS) is 1. The molecule has 0 aliphatic heterocycles. The standard InChI is InChI=1S/C5H8O7/c6-3(7)1-2-4(8,9)5(10,11)12/h1-2,8-12H,(H,6,7). The number of rotatable bonds is 3. The normalized spacial score (nSPS) is 13.8. The van der Waals surface area contributed by atoms with Gasteiger partial charge in [0.2, 0.25) is 0 Å². The van der Waals surface area contributed by atoms with E-state index in [-0.39, 0.29) is 12.2 Å². The van der Waals surface area contributed by atoms with Gasteiger partial charge < -0.3 is 30.6 Å². The van der Waals surface area contributed by atoms with Crippen molar-refractivity contribution in [3.05, 3.63) is 12.2 Å². The van der Waals surface area contributed by atoms with Gasteiger partial charge in [0, 0.05) is 6.08 Å². The van der Waals surface area contributed by atoms with Crippen LogP contribution in [-0.2, 0) is 4.79 Å². The molecule has 12 heavy (non-hydrogen) atoms. The van der Waals surface area contributed by atoms with Crippen molar-refractivity contribution in [2.75, 3.05) is 0 Å². The predicted octanol–water partition coefficient (Wildman–Crippen LogP) is -3.06. The molecule has 0 rings (SSSR count). The van der Waals surface area contributed by atoms with Crippen molar-refractivity contribution >= 4 is 5.97 Å². The van der Waals surface area contributed by atoms with E-state index < -0.39 is 17.7 Å². The molecule has 7 heteroatoms. The molecule has 0 aliphatic carbocycles. The Morgan fingerprint density at radius 3 is 1.75 bits per heavy atom. The molecule has 0 bridgehead atoms. The zero-order chi connectivity index (χ0) is 9.99. The molecule has 0 unspecified atom stereocenters. The molecule has 0 saturated carbocycles. The molecule has 0 heterocycles. The largest absolute Gasteiger partial charge is 0.478 e. The molecule has 0 spiro atoms. The SMILES string of the molecule is O=C(O)C=CC(O)(O)C(O)(O)O. The molecular formula is C5H8O7. The van der Waals surface area contributed by atoms with Crippen molar-refractivity contribution in [3.63, 3.8) is 0 Å². The Hall–Kier alpha value is -0.990. The first-order chi connectivity index (χ1) is 5.17. The van der Waals surface area contributed by atoms with Crippen molar-refractivity contribution in [1.82, 2.24) is 0 Å². The summed E-state index contributed by atoms with van der Waals surface area (Å²) >= 11 is 0. The highest BCUT2D eigenvalue weighted by molar-refractivity contribution is 5.79. The molecule has 0 fully saturated rings. The van der Waals surface area contributed by atoms with E-state index in [1.165, 1.54) is 0 Å². The second kappa shape index (κ2) is 3.17. The Morgan fingerprint density at radius 2 is 1.50 bits per heavy atom. The van der Waals surface area contributed by atoms with Gasteiger partial charge in [0.15, 0.2) is 0 Å². The molecule has 7 nitrogen and oxygen atoms in total. The van der Waals surface area contributed by atoms with Crippen molar-refractivity contribution < 1.29 is 35.4 Å². The predicted molar refractivity (Wildman–Crippen MR) is 33.3 cm³/mol. The molecular weight excluding hydrogens is 172 g/mol. The number of hydrogen-bond acceptors (Lipinski definition) is 6. The van der Waals surface area contributed by atoms with E-state index in [2.05, 4.69) is 0 Å². The van der Waals surface area contributed by atoms with Crippen LogP contribution in [0.5, 0.6) is 0 Å². The van der Waals surface area contributed by atoms with Gasteiger partial charge in [-0.3, -0.25) is 0 Å². The van der Waals surface area contributed by atoms with Crippen LogP contribution in [0.4, 0.5) is 0 Å². The molecule has 6 N–H and O–H groups in total. The second-order valence-corrected chi connectivity index (χ2v) is 2.03. The number of hydrogen-bond donors (Lipinski definition) is 6. The van der Waals surface area contributed by atoms with Crippen LogP contribution in [0.25, 0.3) is 0 Å². The minimum Gasteiger partial charge on any atom is -0.478 e. The molecule has 0 aromatic carbocycles. The summed E-state index contributed by atoms with van der Waals surface area (Å²) in [5, 5.41) is 49.8. The quantitative estimate of drug-likeness (QED) is 0.200. The van der Waals surface area contributed by atoms with Gasteiger partial charge >= 0.3 is 11.9 Å². The van der Waals surface area contributed by atoms with Crippen LogP contribution >= 0.6 is 0 Å². The molecule has 0 atom stereocenters. The zero-order valence-corrected chi connectivity index (χ0v) is 5.75. The Labute approximate surface area is 66.4 Å². The average molecular weight is 180 g/mol. The van der Waals surface area contributed by atoms with Crippen LogP contribution in [0.2, 0.25) is 0 Å². The van der Waals surface area contributed by atoms with Gasteiger partial charge in [0.1, 0.15) is 0 Å². The summed E-state index contributed by atoms with van der Waals surface area (Å²) in [5.41, 5.74) is 0. The highest BCUT2D eigenvalue weighted by Crippen LogP contribution is 2.14. The third-order valence-corrected chi connectivity index (χ3v) is 0.952. The number of aliphatic hydroxyl groups is 5. The molecule has 0 amide bonds. The summed E-state index contributed by atoms with van der Waals surface area (Å²) in [6, 6.07) is 0. The fourth-order valence-electron chi connectivity index (χ4n) is 0.299. The van der Waals surface area contributed by atoms with E-state index in [1.54, 1.807) is 0 Å². The molecule has 70 valence electrons. The Balaban J connectivity index is 4.54. The van der Waals surface area contributed by atoms with E-state index in [0.29, 0.717) is 0 Å². The molecule has 0 radical (unpaired) electrons. The Bertz CT molecular complexity index is 198.